The van der Waals surface area contributed by atoms with Crippen LogP contribution in [0.2, 0.25) is 0 Å². The van der Waals surface area contributed by atoms with Crippen LogP contribution in [0.4, 0.5) is 5.69 Å². The molecule has 0 spiro atoms. The molecule has 2 N–H and O–H groups in total. The Kier molecular flexibility index (Phi) is 2.53. The summed E-state index contributed by atoms with van der Waals surface area (Å²) in [6, 6.07) is 5.20. The molecule has 2 aliphatic rings. The highest BCUT2D eigenvalue weighted by molar-refractivity contribution is 9.10. The van der Waals surface area contributed by atoms with Crippen LogP contribution < -0.4 is 10.6 Å². The summed E-state index contributed by atoms with van der Waals surface area (Å²) in [5.41, 5.74) is 6.67. The van der Waals surface area contributed by atoms with Gasteiger partial charge in [0.2, 0.25) is 11.8 Å². The van der Waals surface area contributed by atoms with Gasteiger partial charge in [-0.1, -0.05) is 28.1 Å². The van der Waals surface area contributed by atoms with E-state index in [4.69, 9.17) is 18.0 Å². The van der Waals surface area contributed by atoms with Gasteiger partial charge in [-0.05, 0) is 24.6 Å². The van der Waals surface area contributed by atoms with E-state index in [0.717, 1.165) is 4.47 Å². The van der Waals surface area contributed by atoms with E-state index in [1.54, 1.807) is 18.2 Å². The molecule has 1 aromatic rings. The fraction of sp³-hybridized carbons (Fsp3) is 0.250. The van der Waals surface area contributed by atoms with Crippen molar-refractivity contribution in [2.24, 2.45) is 17.6 Å². The molecule has 1 aliphatic heterocycles. The highest BCUT2D eigenvalue weighted by atomic mass is 79.9. The van der Waals surface area contributed by atoms with Gasteiger partial charge in [-0.3, -0.25) is 9.59 Å². The number of halogens is 1. The van der Waals surface area contributed by atoms with Crippen molar-refractivity contribution in [2.45, 2.75) is 6.42 Å². The molecule has 0 radical (unpaired) electrons. The first-order valence-corrected chi connectivity index (χ1v) is 6.68. The van der Waals surface area contributed by atoms with Gasteiger partial charge in [-0.2, -0.15) is 0 Å². The highest BCUT2D eigenvalue weighted by Crippen LogP contribution is 2.49. The van der Waals surface area contributed by atoms with Gasteiger partial charge < -0.3 is 5.73 Å². The van der Waals surface area contributed by atoms with E-state index in [2.05, 4.69) is 15.9 Å². The fourth-order valence-electron chi connectivity index (χ4n) is 2.32. The van der Waals surface area contributed by atoms with E-state index in [1.165, 1.54) is 4.90 Å². The van der Waals surface area contributed by atoms with Crippen molar-refractivity contribution in [1.82, 2.24) is 0 Å². The van der Waals surface area contributed by atoms with Crippen LogP contribution in [0.5, 0.6) is 0 Å². The zero-order valence-corrected chi connectivity index (χ0v) is 11.6. The van der Waals surface area contributed by atoms with Gasteiger partial charge in [0.15, 0.2) is 0 Å². The molecule has 0 bridgehead atoms. The number of piperidine rings is 1. The molecular formula is C12H9BrN2O2S. The first-order chi connectivity index (χ1) is 8.50. The normalized spacial score (nSPS) is 25.3. The summed E-state index contributed by atoms with van der Waals surface area (Å²) < 4.78 is 0.777. The summed E-state index contributed by atoms with van der Waals surface area (Å²) in [5, 5.41) is 0. The van der Waals surface area contributed by atoms with Crippen LogP contribution in [-0.4, -0.2) is 16.8 Å². The van der Waals surface area contributed by atoms with Crippen molar-refractivity contribution < 1.29 is 9.59 Å². The summed E-state index contributed by atoms with van der Waals surface area (Å²) in [6.07, 6.45) is 0.685. The summed E-state index contributed by atoms with van der Waals surface area (Å²) in [6.45, 7) is 0. The second-order valence-corrected chi connectivity index (χ2v) is 5.84. The number of imide groups is 1. The predicted octanol–water partition coefficient (Wildman–Crippen LogP) is 1.59. The third-order valence-corrected chi connectivity index (χ3v) is 4.04. The SMILES string of the molecule is NC(=S)c1ccc(Br)cc1N1C(=O)C2CC2C1=O. The van der Waals surface area contributed by atoms with E-state index in [9.17, 15) is 9.59 Å². The van der Waals surface area contributed by atoms with Gasteiger partial charge in [-0.15, -0.1) is 0 Å². The Balaban J connectivity index is 2.11. The number of benzene rings is 1. The molecule has 2 atom stereocenters. The average Bonchev–Trinajstić information content (AvgIpc) is 3.04. The first-order valence-electron chi connectivity index (χ1n) is 5.48. The Hall–Kier alpha value is -1.27. The van der Waals surface area contributed by atoms with Gasteiger partial charge >= 0.3 is 0 Å². The monoisotopic (exact) mass is 324 g/mol. The number of nitrogens with two attached hydrogens (primary N) is 1. The van der Waals surface area contributed by atoms with Crippen molar-refractivity contribution in [3.8, 4) is 0 Å². The van der Waals surface area contributed by atoms with Gasteiger partial charge in [0.1, 0.15) is 4.99 Å². The van der Waals surface area contributed by atoms with Crippen LogP contribution in [0, 0.1) is 11.8 Å². The van der Waals surface area contributed by atoms with Crippen molar-refractivity contribution in [3.63, 3.8) is 0 Å². The van der Waals surface area contributed by atoms with Crippen molar-refractivity contribution >= 4 is 50.6 Å². The maximum Gasteiger partial charge on any atom is 0.237 e. The number of thiocarbonyl (C=S) groups is 1. The lowest BCUT2D eigenvalue weighted by Gasteiger charge is -2.20. The Morgan fingerprint density at radius 2 is 1.94 bits per heavy atom. The fourth-order valence-corrected chi connectivity index (χ4v) is 2.84. The number of hydrogen-bond donors (Lipinski definition) is 1. The van der Waals surface area contributed by atoms with Crippen molar-refractivity contribution in [2.75, 3.05) is 4.90 Å². The summed E-state index contributed by atoms with van der Waals surface area (Å²) in [7, 11) is 0. The third-order valence-electron chi connectivity index (χ3n) is 3.33. The van der Waals surface area contributed by atoms with Crippen LogP contribution in [0.1, 0.15) is 12.0 Å². The molecule has 0 aromatic heterocycles. The molecule has 1 saturated carbocycles. The molecule has 92 valence electrons. The minimum absolute atomic E-state index is 0.129. The topological polar surface area (TPSA) is 63.4 Å². The molecular weight excluding hydrogens is 316 g/mol. The van der Waals surface area contributed by atoms with Crippen molar-refractivity contribution in [3.05, 3.63) is 28.2 Å². The maximum atomic E-state index is 12.0. The van der Waals surface area contributed by atoms with E-state index >= 15 is 0 Å². The van der Waals surface area contributed by atoms with Crippen LogP contribution >= 0.6 is 28.1 Å². The number of fused-ring (bicyclic) bond motifs is 1. The number of carbonyl (C=O) groups excluding carboxylic acids is 2. The molecule has 1 saturated heterocycles. The average molecular weight is 325 g/mol. The Bertz CT molecular complexity index is 582. The smallest absolute Gasteiger partial charge is 0.237 e. The van der Waals surface area contributed by atoms with E-state index < -0.39 is 0 Å². The van der Waals surface area contributed by atoms with E-state index in [1.807, 2.05) is 0 Å². The Morgan fingerprint density at radius 3 is 2.50 bits per heavy atom. The quantitative estimate of drug-likeness (QED) is 0.663. The Morgan fingerprint density at radius 1 is 1.33 bits per heavy atom. The zero-order valence-electron chi connectivity index (χ0n) is 9.22. The van der Waals surface area contributed by atoms with Crippen LogP contribution in [0.3, 0.4) is 0 Å². The lowest BCUT2D eigenvalue weighted by atomic mass is 10.1. The molecule has 1 heterocycles. The second kappa shape index (κ2) is 3.86. The molecule has 2 unspecified atom stereocenters. The van der Waals surface area contributed by atoms with Crippen LogP contribution in [0.15, 0.2) is 22.7 Å². The lowest BCUT2D eigenvalue weighted by Crippen LogP contribution is -2.34. The standard InChI is InChI=1S/C12H9BrN2O2S/c13-5-1-2-6(10(14)18)9(3-5)15-11(16)7-4-8(7)12(15)17/h1-3,7-8H,4H2,(H2,14,18). The van der Waals surface area contributed by atoms with Gasteiger partial charge in [0.25, 0.3) is 0 Å². The lowest BCUT2D eigenvalue weighted by molar-refractivity contribution is -0.123. The molecule has 1 aromatic carbocycles. The number of nitrogens with zero attached hydrogens (tertiary/aromatic N) is 1. The number of anilines is 1. The van der Waals surface area contributed by atoms with Crippen LogP contribution in [0.25, 0.3) is 0 Å². The largest absolute Gasteiger partial charge is 0.389 e. The minimum atomic E-state index is -0.138. The number of rotatable bonds is 2. The van der Waals surface area contributed by atoms with E-state index in [0.29, 0.717) is 17.7 Å². The number of hydrogen-bond acceptors (Lipinski definition) is 3. The zero-order chi connectivity index (χ0) is 13.0. The summed E-state index contributed by atoms with van der Waals surface area (Å²) >= 11 is 8.28. The van der Waals surface area contributed by atoms with E-state index in [-0.39, 0.29) is 28.6 Å². The van der Waals surface area contributed by atoms with Crippen LogP contribution in [-0.2, 0) is 9.59 Å². The maximum absolute atomic E-state index is 12.0. The van der Waals surface area contributed by atoms with Crippen molar-refractivity contribution in [1.29, 1.82) is 0 Å². The third kappa shape index (κ3) is 1.59. The minimum Gasteiger partial charge on any atom is -0.389 e. The van der Waals surface area contributed by atoms with Gasteiger partial charge in [0.05, 0.1) is 17.5 Å². The molecule has 1 aliphatic carbocycles. The molecule has 18 heavy (non-hydrogen) atoms. The molecule has 3 rings (SSSR count). The predicted molar refractivity (Wildman–Crippen MR) is 74.1 cm³/mol. The van der Waals surface area contributed by atoms with Gasteiger partial charge in [-0.25, -0.2) is 4.90 Å². The highest BCUT2D eigenvalue weighted by Gasteiger charge is 2.59. The molecule has 6 heteroatoms. The molecule has 2 fully saturated rings. The Labute approximate surface area is 117 Å². The summed E-state index contributed by atoms with van der Waals surface area (Å²) in [5.74, 6) is -0.535. The molecule has 4 nitrogen and oxygen atoms in total. The van der Waals surface area contributed by atoms with Gasteiger partial charge in [0, 0.05) is 10.0 Å². The second-order valence-electron chi connectivity index (χ2n) is 4.49. The first kappa shape index (κ1) is 11.8. The number of amides is 2. The number of carbonyl (C=O) groups is 2. The summed E-state index contributed by atoms with van der Waals surface area (Å²) in [4.78, 5) is 25.5. The molecule has 2 amide bonds.